The summed E-state index contributed by atoms with van der Waals surface area (Å²) in [4.78, 5) is 14.7. The molecule has 1 N–H and O–H groups in total. The van der Waals surface area contributed by atoms with Gasteiger partial charge in [-0.2, -0.15) is 30.2 Å². The second kappa shape index (κ2) is 11.1. The summed E-state index contributed by atoms with van der Waals surface area (Å²) >= 11 is 5.94. The monoisotopic (exact) mass is 594 g/mol. The third kappa shape index (κ3) is 6.50. The zero-order chi connectivity index (χ0) is 26.4. The average molecular weight is 595 g/mol. The van der Waals surface area contributed by atoms with E-state index in [-0.39, 0.29) is 68.3 Å². The number of rotatable bonds is 6. The van der Waals surface area contributed by atoms with Crippen molar-refractivity contribution in [1.29, 1.82) is 0 Å². The van der Waals surface area contributed by atoms with Gasteiger partial charge in [-0.1, -0.05) is 11.6 Å². The van der Waals surface area contributed by atoms with E-state index in [1.165, 1.54) is 8.61 Å². The Bertz CT molecular complexity index is 1080. The van der Waals surface area contributed by atoms with Crippen molar-refractivity contribution in [3.05, 3.63) is 34.3 Å². The fraction of sp³-hybridized carbons (Fsp3) is 0.682. The molecule has 3 fully saturated rings. The average Bonchev–Trinajstić information content (AvgIpc) is 2.76. The van der Waals surface area contributed by atoms with Crippen LogP contribution in [0.2, 0.25) is 5.02 Å². The Morgan fingerprint density at radius 3 is 2.03 bits per heavy atom. The number of amides is 1. The van der Waals surface area contributed by atoms with Crippen molar-refractivity contribution >= 4 is 40.1 Å². The summed E-state index contributed by atoms with van der Waals surface area (Å²) in [6.45, 7) is 1.99. The molecule has 37 heavy (non-hydrogen) atoms. The van der Waals surface area contributed by atoms with Gasteiger partial charge < -0.3 is 5.32 Å². The van der Waals surface area contributed by atoms with Gasteiger partial charge in [0.25, 0.3) is 16.1 Å². The van der Waals surface area contributed by atoms with E-state index in [2.05, 4.69) is 5.32 Å². The smallest absolute Gasteiger partial charge is 0.350 e. The highest BCUT2D eigenvalue weighted by Crippen LogP contribution is 2.42. The molecule has 1 aliphatic carbocycles. The molecular weight excluding hydrogens is 566 g/mol. The van der Waals surface area contributed by atoms with Crippen molar-refractivity contribution in [2.45, 2.75) is 49.7 Å². The van der Waals surface area contributed by atoms with Crippen LogP contribution in [-0.4, -0.2) is 85.1 Å². The number of hydrogen-bond acceptors (Lipinski definition) is 4. The maximum Gasteiger partial charge on any atom is 0.416 e. The van der Waals surface area contributed by atoms with Crippen molar-refractivity contribution in [1.82, 2.24) is 18.8 Å². The second-order valence-corrected chi connectivity index (χ2v) is 11.9. The maximum atomic E-state index is 14.0. The Hall–Kier alpha value is -1.25. The van der Waals surface area contributed by atoms with Gasteiger partial charge in [-0.05, 0) is 37.5 Å². The zero-order valence-corrected chi connectivity index (χ0v) is 22.3. The van der Waals surface area contributed by atoms with Crippen LogP contribution in [0.25, 0.3) is 0 Å². The second-order valence-electron chi connectivity index (χ2n) is 9.60. The van der Waals surface area contributed by atoms with Crippen LogP contribution in [0.15, 0.2) is 18.2 Å². The van der Waals surface area contributed by atoms with E-state index in [9.17, 15) is 35.2 Å². The number of alkyl halides is 5. The van der Waals surface area contributed by atoms with Gasteiger partial charge in [-0.15, -0.1) is 12.4 Å². The van der Waals surface area contributed by atoms with E-state index in [4.69, 9.17) is 11.6 Å². The summed E-state index contributed by atoms with van der Waals surface area (Å²) in [5.74, 6) is -3.53. The Kier molecular flexibility index (Phi) is 9.08. The van der Waals surface area contributed by atoms with Gasteiger partial charge in [0, 0.05) is 64.2 Å². The minimum atomic E-state index is -4.61. The molecule has 2 heterocycles. The molecule has 0 aromatic heterocycles. The van der Waals surface area contributed by atoms with Gasteiger partial charge in [0.15, 0.2) is 0 Å². The van der Waals surface area contributed by atoms with Crippen molar-refractivity contribution in [2.24, 2.45) is 0 Å². The fourth-order valence-electron chi connectivity index (χ4n) is 4.98. The molecule has 2 saturated heterocycles. The largest absolute Gasteiger partial charge is 0.416 e. The van der Waals surface area contributed by atoms with Crippen molar-refractivity contribution in [3.8, 4) is 0 Å². The number of carbonyl (C=O) groups is 1. The molecule has 210 valence electrons. The van der Waals surface area contributed by atoms with E-state index < -0.39 is 39.3 Å². The van der Waals surface area contributed by atoms with Gasteiger partial charge in [-0.3, -0.25) is 9.69 Å². The topological polar surface area (TPSA) is 73.0 Å². The predicted molar refractivity (Wildman–Crippen MR) is 130 cm³/mol. The van der Waals surface area contributed by atoms with E-state index in [1.54, 1.807) is 0 Å². The third-order valence-corrected chi connectivity index (χ3v) is 9.76. The van der Waals surface area contributed by atoms with E-state index in [0.717, 1.165) is 18.6 Å². The summed E-state index contributed by atoms with van der Waals surface area (Å²) in [6.07, 6.45) is -4.38. The maximum absolute atomic E-state index is 14.0. The Balaban J connectivity index is 0.00000380. The van der Waals surface area contributed by atoms with Gasteiger partial charge >= 0.3 is 6.18 Å². The van der Waals surface area contributed by atoms with E-state index in [1.807, 2.05) is 4.90 Å². The SMILES string of the molecule is Cl.O=C(NCC1(N2CCN(S(=O)(=O)N3CCC3)CC2)CCC(F)(F)CC1)c1ccc(C(F)(F)F)cc1Cl. The van der Waals surface area contributed by atoms with Crippen molar-refractivity contribution in [2.75, 3.05) is 45.8 Å². The molecule has 1 amide bonds. The third-order valence-electron chi connectivity index (χ3n) is 7.41. The molecule has 15 heteroatoms. The molecule has 0 unspecified atom stereocenters. The predicted octanol–water partition coefficient (Wildman–Crippen LogP) is 4.03. The molecule has 1 saturated carbocycles. The van der Waals surface area contributed by atoms with Crippen LogP contribution < -0.4 is 5.32 Å². The molecule has 0 spiro atoms. The minimum Gasteiger partial charge on any atom is -0.350 e. The first kappa shape index (κ1) is 30.3. The normalized spacial score (nSPS) is 23.1. The van der Waals surface area contributed by atoms with E-state index in [0.29, 0.717) is 32.2 Å². The molecule has 3 aliphatic rings. The first-order valence-corrected chi connectivity index (χ1v) is 13.5. The van der Waals surface area contributed by atoms with Crippen LogP contribution in [0.1, 0.15) is 48.0 Å². The summed E-state index contributed by atoms with van der Waals surface area (Å²) in [7, 11) is -3.54. The highest BCUT2D eigenvalue weighted by Gasteiger charge is 2.48. The summed E-state index contributed by atoms with van der Waals surface area (Å²) < 4.78 is 95.0. The first-order valence-electron chi connectivity index (χ1n) is 11.8. The summed E-state index contributed by atoms with van der Waals surface area (Å²) in [5, 5.41) is 2.32. The molecule has 1 aromatic carbocycles. The number of piperazine rings is 1. The molecule has 7 nitrogen and oxygen atoms in total. The molecule has 4 rings (SSSR count). The van der Waals surface area contributed by atoms with Gasteiger partial charge in [0.1, 0.15) is 0 Å². The van der Waals surface area contributed by atoms with Crippen LogP contribution in [-0.2, 0) is 16.4 Å². The van der Waals surface area contributed by atoms with Crippen LogP contribution >= 0.6 is 24.0 Å². The highest BCUT2D eigenvalue weighted by molar-refractivity contribution is 7.86. The van der Waals surface area contributed by atoms with Crippen molar-refractivity contribution < 1.29 is 35.2 Å². The van der Waals surface area contributed by atoms with Gasteiger partial charge in [-0.25, -0.2) is 8.78 Å². The molecule has 0 bridgehead atoms. The number of hydrogen-bond donors (Lipinski definition) is 1. The van der Waals surface area contributed by atoms with Gasteiger partial charge in [0.2, 0.25) is 5.92 Å². The number of halogens is 7. The minimum absolute atomic E-state index is 0. The zero-order valence-electron chi connectivity index (χ0n) is 19.9. The van der Waals surface area contributed by atoms with E-state index >= 15 is 0 Å². The fourth-order valence-corrected chi connectivity index (χ4v) is 6.91. The van der Waals surface area contributed by atoms with Gasteiger partial charge in [0.05, 0.1) is 16.1 Å². The Morgan fingerprint density at radius 2 is 1.54 bits per heavy atom. The quantitative estimate of drug-likeness (QED) is 0.505. The molecule has 0 radical (unpaired) electrons. The van der Waals surface area contributed by atoms with Crippen LogP contribution in [0, 0.1) is 0 Å². The molecule has 2 aliphatic heterocycles. The standard InChI is InChI=1S/C22H28ClF5N4O3S.ClH/c23-18-14-16(22(26,27)28)2-3-17(18)19(33)29-15-20(4-6-21(24,25)7-5-20)30-10-12-32(13-11-30)36(34,35)31-8-1-9-31;/h2-3,14H,1,4-13,15H2,(H,29,33);1H. The number of nitrogens with zero attached hydrogens (tertiary/aromatic N) is 3. The number of nitrogens with one attached hydrogen (secondary N) is 1. The van der Waals surface area contributed by atoms with Crippen molar-refractivity contribution in [3.63, 3.8) is 0 Å². The lowest BCUT2D eigenvalue weighted by Crippen LogP contribution is -2.64. The Labute approximate surface area is 223 Å². The highest BCUT2D eigenvalue weighted by atomic mass is 35.5. The lowest BCUT2D eigenvalue weighted by atomic mass is 9.78. The summed E-state index contributed by atoms with van der Waals surface area (Å²) in [6, 6.07) is 2.42. The summed E-state index contributed by atoms with van der Waals surface area (Å²) in [5.41, 5.74) is -1.96. The molecular formula is C22H29Cl2F5N4O3S. The molecule has 0 atom stereocenters. The Morgan fingerprint density at radius 1 is 0.973 bits per heavy atom. The number of benzene rings is 1. The van der Waals surface area contributed by atoms with Crippen LogP contribution in [0.3, 0.4) is 0 Å². The van der Waals surface area contributed by atoms with Crippen LogP contribution in [0.5, 0.6) is 0 Å². The van der Waals surface area contributed by atoms with Crippen LogP contribution in [0.4, 0.5) is 22.0 Å². The first-order chi connectivity index (χ1) is 16.7. The lowest BCUT2D eigenvalue weighted by molar-refractivity contribution is -0.137. The number of carbonyl (C=O) groups excluding carboxylic acids is 1. The lowest BCUT2D eigenvalue weighted by Gasteiger charge is -2.51. The molecule has 1 aromatic rings.